The van der Waals surface area contributed by atoms with E-state index < -0.39 is 0 Å². The van der Waals surface area contributed by atoms with Gasteiger partial charge in [-0.2, -0.15) is 0 Å². The first-order valence-electron chi connectivity index (χ1n) is 4.33. The molecule has 0 N–H and O–H groups in total. The predicted octanol–water partition coefficient (Wildman–Crippen LogP) is 2.79. The maximum atomic E-state index is 4.32. The average molecular weight is 231 g/mol. The summed E-state index contributed by atoms with van der Waals surface area (Å²) in [6, 6.07) is 0.526. The molecule has 0 fully saturated rings. The van der Waals surface area contributed by atoms with Crippen LogP contribution in [0.2, 0.25) is 0 Å². The molecule has 12 heavy (non-hydrogen) atoms. The molecule has 68 valence electrons. The summed E-state index contributed by atoms with van der Waals surface area (Å²) in [5.41, 5.74) is 0. The van der Waals surface area contributed by atoms with Crippen LogP contribution in [0.1, 0.15) is 32.1 Å². The normalized spacial score (nSPS) is 11.0. The standard InChI is InChI=1S/C9H15BrN2/c1-8(2)12-7-6-11-9(12)4-3-5-10/h6-8H,3-5H2,1-2H3. The fourth-order valence-corrected chi connectivity index (χ4v) is 1.51. The molecule has 0 saturated carbocycles. The summed E-state index contributed by atoms with van der Waals surface area (Å²) in [5, 5.41) is 1.05. The lowest BCUT2D eigenvalue weighted by molar-refractivity contribution is 0.565. The Kier molecular flexibility index (Phi) is 3.79. The molecule has 3 heteroatoms. The van der Waals surface area contributed by atoms with Crippen molar-refractivity contribution < 1.29 is 0 Å². The molecule has 1 rings (SSSR count). The van der Waals surface area contributed by atoms with Gasteiger partial charge >= 0.3 is 0 Å². The Balaban J connectivity index is 2.64. The molecule has 2 nitrogen and oxygen atoms in total. The molecular formula is C9H15BrN2. The van der Waals surface area contributed by atoms with Crippen molar-refractivity contribution in [2.24, 2.45) is 0 Å². The van der Waals surface area contributed by atoms with Crippen LogP contribution in [0, 0.1) is 0 Å². The maximum Gasteiger partial charge on any atom is 0.108 e. The molecule has 0 aromatic carbocycles. The first kappa shape index (κ1) is 9.78. The average Bonchev–Trinajstić information content (AvgIpc) is 2.48. The van der Waals surface area contributed by atoms with Crippen molar-refractivity contribution in [3.63, 3.8) is 0 Å². The van der Waals surface area contributed by atoms with E-state index in [9.17, 15) is 0 Å². The summed E-state index contributed by atoms with van der Waals surface area (Å²) in [6.45, 7) is 4.36. The summed E-state index contributed by atoms with van der Waals surface area (Å²) >= 11 is 3.42. The molecule has 1 heterocycles. The van der Waals surface area contributed by atoms with Gasteiger partial charge in [-0.3, -0.25) is 0 Å². The number of halogens is 1. The van der Waals surface area contributed by atoms with Crippen LogP contribution in [-0.4, -0.2) is 14.9 Å². The molecule has 0 saturated heterocycles. The monoisotopic (exact) mass is 230 g/mol. The molecule has 0 radical (unpaired) electrons. The number of imidazole rings is 1. The van der Waals surface area contributed by atoms with E-state index in [2.05, 4.69) is 39.3 Å². The van der Waals surface area contributed by atoms with Crippen LogP contribution in [0.25, 0.3) is 0 Å². The topological polar surface area (TPSA) is 17.8 Å². The van der Waals surface area contributed by atoms with Crippen molar-refractivity contribution in [3.05, 3.63) is 18.2 Å². The summed E-state index contributed by atoms with van der Waals surface area (Å²) in [7, 11) is 0. The summed E-state index contributed by atoms with van der Waals surface area (Å²) < 4.78 is 2.22. The van der Waals surface area contributed by atoms with Crippen LogP contribution >= 0.6 is 15.9 Å². The van der Waals surface area contributed by atoms with Crippen molar-refractivity contribution >= 4 is 15.9 Å². The Morgan fingerprint density at radius 2 is 2.33 bits per heavy atom. The van der Waals surface area contributed by atoms with Crippen molar-refractivity contribution in [3.8, 4) is 0 Å². The van der Waals surface area contributed by atoms with E-state index >= 15 is 0 Å². The number of aryl methyl sites for hydroxylation is 1. The molecule has 1 aromatic heterocycles. The van der Waals surface area contributed by atoms with Gasteiger partial charge in [-0.05, 0) is 20.3 Å². The highest BCUT2D eigenvalue weighted by molar-refractivity contribution is 9.09. The van der Waals surface area contributed by atoms with Crippen LogP contribution in [0.4, 0.5) is 0 Å². The van der Waals surface area contributed by atoms with Crippen LogP contribution < -0.4 is 0 Å². The van der Waals surface area contributed by atoms with Crippen LogP contribution in [0.5, 0.6) is 0 Å². The second-order valence-electron chi connectivity index (χ2n) is 3.14. The highest BCUT2D eigenvalue weighted by Crippen LogP contribution is 2.09. The van der Waals surface area contributed by atoms with E-state index in [4.69, 9.17) is 0 Å². The summed E-state index contributed by atoms with van der Waals surface area (Å²) in [6.07, 6.45) is 6.15. The number of aromatic nitrogens is 2. The van der Waals surface area contributed by atoms with Crippen molar-refractivity contribution in [2.75, 3.05) is 5.33 Å². The minimum atomic E-state index is 0.526. The third kappa shape index (κ3) is 2.34. The highest BCUT2D eigenvalue weighted by atomic mass is 79.9. The highest BCUT2D eigenvalue weighted by Gasteiger charge is 2.04. The quantitative estimate of drug-likeness (QED) is 0.728. The molecule has 0 aliphatic heterocycles. The molecule has 0 amide bonds. The largest absolute Gasteiger partial charge is 0.332 e. The minimum absolute atomic E-state index is 0.526. The fraction of sp³-hybridized carbons (Fsp3) is 0.667. The Bertz CT molecular complexity index is 230. The molecule has 0 atom stereocenters. The number of hydrogen-bond donors (Lipinski definition) is 0. The van der Waals surface area contributed by atoms with E-state index in [1.165, 1.54) is 5.82 Å². The van der Waals surface area contributed by atoms with Gasteiger partial charge in [-0.25, -0.2) is 4.98 Å². The van der Waals surface area contributed by atoms with Gasteiger partial charge in [0.2, 0.25) is 0 Å². The zero-order chi connectivity index (χ0) is 8.97. The zero-order valence-corrected chi connectivity index (χ0v) is 9.21. The van der Waals surface area contributed by atoms with Gasteiger partial charge in [0.15, 0.2) is 0 Å². The number of nitrogens with zero attached hydrogens (tertiary/aromatic N) is 2. The van der Waals surface area contributed by atoms with Gasteiger partial charge in [0, 0.05) is 30.2 Å². The minimum Gasteiger partial charge on any atom is -0.332 e. The van der Waals surface area contributed by atoms with E-state index in [0.29, 0.717) is 6.04 Å². The SMILES string of the molecule is CC(C)n1ccnc1CCCBr. The van der Waals surface area contributed by atoms with Gasteiger partial charge in [0.05, 0.1) is 0 Å². The molecule has 1 aromatic rings. The van der Waals surface area contributed by atoms with E-state index in [-0.39, 0.29) is 0 Å². The Morgan fingerprint density at radius 1 is 1.58 bits per heavy atom. The van der Waals surface area contributed by atoms with E-state index in [1.54, 1.807) is 0 Å². The number of alkyl halides is 1. The van der Waals surface area contributed by atoms with Crippen LogP contribution in [0.15, 0.2) is 12.4 Å². The molecule has 0 unspecified atom stereocenters. The van der Waals surface area contributed by atoms with E-state index in [0.717, 1.165) is 18.2 Å². The third-order valence-electron chi connectivity index (χ3n) is 1.84. The van der Waals surface area contributed by atoms with Gasteiger partial charge in [0.25, 0.3) is 0 Å². The molecule has 0 aliphatic rings. The predicted molar refractivity (Wildman–Crippen MR) is 54.7 cm³/mol. The lowest BCUT2D eigenvalue weighted by atomic mass is 10.3. The van der Waals surface area contributed by atoms with Crippen molar-refractivity contribution in [2.45, 2.75) is 32.7 Å². The van der Waals surface area contributed by atoms with Crippen LogP contribution in [-0.2, 0) is 6.42 Å². The fourth-order valence-electron chi connectivity index (χ4n) is 1.23. The van der Waals surface area contributed by atoms with E-state index in [1.807, 2.05) is 12.4 Å². The first-order valence-corrected chi connectivity index (χ1v) is 5.45. The Labute approximate surface area is 82.1 Å². The lowest BCUT2D eigenvalue weighted by Gasteiger charge is -2.10. The second-order valence-corrected chi connectivity index (χ2v) is 3.93. The molecule has 0 aliphatic carbocycles. The van der Waals surface area contributed by atoms with Gasteiger partial charge < -0.3 is 4.57 Å². The first-order chi connectivity index (χ1) is 5.75. The van der Waals surface area contributed by atoms with Gasteiger partial charge in [-0.15, -0.1) is 0 Å². The van der Waals surface area contributed by atoms with Crippen LogP contribution in [0.3, 0.4) is 0 Å². The maximum absolute atomic E-state index is 4.32. The summed E-state index contributed by atoms with van der Waals surface area (Å²) in [4.78, 5) is 4.32. The number of rotatable bonds is 4. The smallest absolute Gasteiger partial charge is 0.108 e. The molecular weight excluding hydrogens is 216 g/mol. The molecule has 0 spiro atoms. The van der Waals surface area contributed by atoms with Crippen molar-refractivity contribution in [1.82, 2.24) is 9.55 Å². The van der Waals surface area contributed by atoms with Gasteiger partial charge in [0.1, 0.15) is 5.82 Å². The Hall–Kier alpha value is -0.310. The lowest BCUT2D eigenvalue weighted by Crippen LogP contribution is -2.05. The van der Waals surface area contributed by atoms with Gasteiger partial charge in [-0.1, -0.05) is 15.9 Å². The van der Waals surface area contributed by atoms with Crippen molar-refractivity contribution in [1.29, 1.82) is 0 Å². The second kappa shape index (κ2) is 4.65. The third-order valence-corrected chi connectivity index (χ3v) is 2.40. The Morgan fingerprint density at radius 3 is 2.92 bits per heavy atom. The zero-order valence-electron chi connectivity index (χ0n) is 7.63. The molecule has 0 bridgehead atoms. The summed E-state index contributed by atoms with van der Waals surface area (Å²) in [5.74, 6) is 1.20. The number of hydrogen-bond acceptors (Lipinski definition) is 1.